The van der Waals surface area contributed by atoms with Crippen LogP contribution in [-0.4, -0.2) is 106 Å². The largest absolute Gasteiger partial charge is 0.480 e. The molecule has 2 aromatic heterocycles. The number of carbonyl (C=O) groups excluding carboxylic acids is 3. The number of para-hydroxylation sites is 1. The van der Waals surface area contributed by atoms with Crippen molar-refractivity contribution in [2.45, 2.75) is 88.4 Å². The molecule has 4 aromatic rings. The topological polar surface area (TPSA) is 153 Å². The monoisotopic (exact) mass is 858 g/mol. The zero-order valence-corrected chi connectivity index (χ0v) is 36.0. The number of alkyl halides is 1. The number of halogens is 1. The zero-order chi connectivity index (χ0) is 42.5. The number of likely N-dealkylation sites (tertiary alicyclic amines) is 1. The molecule has 3 amide bonds. The van der Waals surface area contributed by atoms with Crippen LogP contribution >= 0.6 is 18.9 Å². The lowest BCUT2D eigenvalue weighted by Crippen LogP contribution is -2.59. The van der Waals surface area contributed by atoms with Gasteiger partial charge in [-0.1, -0.05) is 31.2 Å². The summed E-state index contributed by atoms with van der Waals surface area (Å²) in [4.78, 5) is 65.0. The number of carboxylic acids is 1. The van der Waals surface area contributed by atoms with Gasteiger partial charge in [0.05, 0.1) is 4.88 Å². The third kappa shape index (κ3) is 8.03. The SMILES string of the molecule is CCCN([C@@H](C)C(=O)O)[P@](=O)(Oc1ccccc1)[C@@H](F)c1ccc2sc(C(=O)N[C@H]3C[C@@H]4C[C@@H]4C[C@H]4CC[C@@H](C(=O)N5CC(c6cnccc6N(C)C)C5)N4C3=O)cc2c1. The van der Waals surface area contributed by atoms with E-state index in [0.29, 0.717) is 59.2 Å². The van der Waals surface area contributed by atoms with Gasteiger partial charge in [0.1, 0.15) is 23.9 Å². The number of nitrogens with one attached hydrogen (secondary N) is 1. The summed E-state index contributed by atoms with van der Waals surface area (Å²) < 4.78 is 39.3. The van der Waals surface area contributed by atoms with Crippen LogP contribution in [0.4, 0.5) is 10.1 Å². The van der Waals surface area contributed by atoms with E-state index in [-0.39, 0.29) is 41.6 Å². The van der Waals surface area contributed by atoms with Crippen LogP contribution < -0.4 is 14.7 Å². The van der Waals surface area contributed by atoms with Crippen molar-refractivity contribution in [3.8, 4) is 5.75 Å². The molecule has 8 rings (SSSR count). The highest BCUT2D eigenvalue weighted by atomic mass is 32.1. The van der Waals surface area contributed by atoms with Crippen LogP contribution in [-0.2, 0) is 18.9 Å². The molecule has 0 unspecified atom stereocenters. The van der Waals surface area contributed by atoms with Crippen molar-refractivity contribution in [2.24, 2.45) is 11.8 Å². The van der Waals surface area contributed by atoms with E-state index in [1.807, 2.05) is 36.2 Å². The van der Waals surface area contributed by atoms with Crippen LogP contribution in [0.15, 0.2) is 73.1 Å². The summed E-state index contributed by atoms with van der Waals surface area (Å²) in [7, 11) is -0.557. The Hall–Kier alpha value is -4.85. The van der Waals surface area contributed by atoms with Crippen molar-refractivity contribution in [1.29, 1.82) is 0 Å². The summed E-state index contributed by atoms with van der Waals surface area (Å²) in [5, 5.41) is 13.5. The maximum absolute atomic E-state index is 16.9. The van der Waals surface area contributed by atoms with E-state index in [4.69, 9.17) is 4.52 Å². The molecule has 8 atom stereocenters. The summed E-state index contributed by atoms with van der Waals surface area (Å²) in [6.45, 7) is 4.28. The first kappa shape index (κ1) is 41.9. The highest BCUT2D eigenvalue weighted by Crippen LogP contribution is 2.64. The Kier molecular flexibility index (Phi) is 11.8. The average Bonchev–Trinajstić information content (AvgIpc) is 3.57. The Morgan fingerprint density at radius 1 is 1.05 bits per heavy atom. The van der Waals surface area contributed by atoms with Crippen LogP contribution in [0.5, 0.6) is 5.75 Å². The first-order chi connectivity index (χ1) is 28.8. The standard InChI is InChI=1S/C44H52FN6O7PS/c1-5-17-50(26(2)44(55)56)59(57,58-33-9-7-6-8-10-33)40(45)27-11-14-38-30(18-27)22-39(60-38)41(52)47-35-21-29-19-28(29)20-32-12-13-37(51(32)42(35)53)43(54)49-24-31(25-49)34-23-46-16-15-36(34)48(3)4/h6-11,14-16,18,22-23,26,28-29,31-32,35,37,40H,5,12-13,17,19-21,24-25H2,1-4H3,(H,47,52)(H,55,56)/t26-,28+,29-,32+,35-,37-,40+,59+/m0/s1. The van der Waals surface area contributed by atoms with E-state index in [1.54, 1.807) is 60.5 Å². The Balaban J connectivity index is 0.996. The predicted octanol–water partition coefficient (Wildman–Crippen LogP) is 7.30. The minimum Gasteiger partial charge on any atom is -0.480 e. The fraction of sp³-hybridized carbons (Fsp3) is 0.477. The van der Waals surface area contributed by atoms with Gasteiger partial charge in [-0.2, -0.15) is 0 Å². The van der Waals surface area contributed by atoms with Gasteiger partial charge in [-0.3, -0.25) is 28.7 Å². The number of amides is 3. The molecule has 13 nitrogen and oxygen atoms in total. The van der Waals surface area contributed by atoms with Gasteiger partial charge in [0.15, 0.2) is 0 Å². The lowest BCUT2D eigenvalue weighted by atomic mass is 9.90. The molecule has 4 aliphatic rings. The number of aromatic nitrogens is 1. The second-order valence-electron chi connectivity index (χ2n) is 16.9. The number of benzene rings is 2. The van der Waals surface area contributed by atoms with Crippen molar-refractivity contribution < 1.29 is 37.8 Å². The summed E-state index contributed by atoms with van der Waals surface area (Å²) in [6.07, 6.45) is 7.74. The average molecular weight is 859 g/mol. The normalized spacial score (nSPS) is 24.6. The Labute approximate surface area is 353 Å². The van der Waals surface area contributed by atoms with E-state index < -0.39 is 43.4 Å². The first-order valence-corrected chi connectivity index (χ1v) is 23.3. The van der Waals surface area contributed by atoms with Crippen molar-refractivity contribution >= 4 is 58.3 Å². The molecule has 0 radical (unpaired) electrons. The fourth-order valence-corrected chi connectivity index (χ4v) is 12.8. The maximum atomic E-state index is 16.9. The van der Waals surface area contributed by atoms with Crippen LogP contribution in [0.2, 0.25) is 0 Å². The van der Waals surface area contributed by atoms with E-state index in [9.17, 15) is 28.8 Å². The lowest BCUT2D eigenvalue weighted by Gasteiger charge is -2.44. The molecule has 60 heavy (non-hydrogen) atoms. The molecule has 0 bridgehead atoms. The van der Waals surface area contributed by atoms with Gasteiger partial charge in [0.25, 0.3) is 5.91 Å². The van der Waals surface area contributed by atoms with Gasteiger partial charge in [0, 0.05) is 74.0 Å². The first-order valence-electron chi connectivity index (χ1n) is 20.8. The Bertz CT molecular complexity index is 2320. The number of thiophene rings is 1. The smallest absolute Gasteiger partial charge is 0.358 e. The number of rotatable bonds is 14. The van der Waals surface area contributed by atoms with Crippen molar-refractivity contribution in [3.05, 3.63) is 89.1 Å². The second-order valence-corrected chi connectivity index (χ2v) is 20.3. The number of hydrogen-bond donors (Lipinski definition) is 2. The number of pyridine rings is 1. The molecule has 16 heteroatoms. The van der Waals surface area contributed by atoms with Crippen LogP contribution in [0.3, 0.4) is 0 Å². The van der Waals surface area contributed by atoms with E-state index in [0.717, 1.165) is 35.2 Å². The zero-order valence-electron chi connectivity index (χ0n) is 34.3. The van der Waals surface area contributed by atoms with Crippen LogP contribution in [0.25, 0.3) is 10.1 Å². The van der Waals surface area contributed by atoms with E-state index in [2.05, 4.69) is 10.3 Å². The third-order valence-electron chi connectivity index (χ3n) is 12.7. The summed E-state index contributed by atoms with van der Waals surface area (Å²) in [5.41, 5.74) is 2.19. The fourth-order valence-electron chi connectivity index (χ4n) is 9.35. The summed E-state index contributed by atoms with van der Waals surface area (Å²) in [6, 6.07) is 13.6. The summed E-state index contributed by atoms with van der Waals surface area (Å²) in [5.74, 6) is -3.10. The lowest BCUT2D eigenvalue weighted by molar-refractivity contribution is -0.149. The summed E-state index contributed by atoms with van der Waals surface area (Å²) >= 11 is 1.19. The van der Waals surface area contributed by atoms with Crippen molar-refractivity contribution in [2.75, 3.05) is 38.6 Å². The Morgan fingerprint density at radius 2 is 1.80 bits per heavy atom. The number of nitrogens with zero attached hydrogens (tertiary/aromatic N) is 5. The van der Waals surface area contributed by atoms with Crippen molar-refractivity contribution in [1.82, 2.24) is 24.8 Å². The number of fused-ring (bicyclic) bond motifs is 3. The predicted molar refractivity (Wildman–Crippen MR) is 228 cm³/mol. The van der Waals surface area contributed by atoms with Gasteiger partial charge >= 0.3 is 13.5 Å². The van der Waals surface area contributed by atoms with Gasteiger partial charge in [-0.15, -0.1) is 11.3 Å². The molecule has 0 spiro atoms. The quantitative estimate of drug-likeness (QED) is 0.124. The molecule has 3 saturated heterocycles. The van der Waals surface area contributed by atoms with Gasteiger partial charge < -0.3 is 29.6 Å². The second kappa shape index (κ2) is 16.9. The molecule has 1 aliphatic carbocycles. The molecular weight excluding hydrogens is 807 g/mol. The molecule has 3 aliphatic heterocycles. The number of aliphatic carboxylic acids is 1. The third-order valence-corrected chi connectivity index (χ3v) is 16.4. The van der Waals surface area contributed by atoms with Gasteiger partial charge in [-0.25, -0.2) is 9.06 Å². The number of carbonyl (C=O) groups is 4. The molecule has 4 fully saturated rings. The molecule has 318 valence electrons. The highest BCUT2D eigenvalue weighted by molar-refractivity contribution is 7.57. The molecule has 2 N–H and O–H groups in total. The maximum Gasteiger partial charge on any atom is 0.358 e. The highest BCUT2D eigenvalue weighted by Gasteiger charge is 2.53. The number of anilines is 1. The van der Waals surface area contributed by atoms with Crippen LogP contribution in [0.1, 0.15) is 85.0 Å². The van der Waals surface area contributed by atoms with Gasteiger partial charge in [-0.05, 0) is 105 Å². The van der Waals surface area contributed by atoms with Crippen molar-refractivity contribution in [3.63, 3.8) is 0 Å². The van der Waals surface area contributed by atoms with E-state index >= 15 is 4.39 Å². The molecular formula is C44H52FN6O7PS. The van der Waals surface area contributed by atoms with E-state index in [1.165, 1.54) is 30.4 Å². The number of hydrogen-bond acceptors (Lipinski definition) is 9. The molecule has 1 saturated carbocycles. The molecule has 5 heterocycles. The number of carboxylic acid groups (broad SMARTS) is 1. The van der Waals surface area contributed by atoms with Gasteiger partial charge in [0.2, 0.25) is 17.7 Å². The van der Waals surface area contributed by atoms with Crippen LogP contribution in [0, 0.1) is 11.8 Å². The minimum atomic E-state index is -4.53. The minimum absolute atomic E-state index is 0.0142. The molecule has 2 aromatic carbocycles. The Morgan fingerprint density at radius 3 is 2.52 bits per heavy atom.